The zero-order valence-electron chi connectivity index (χ0n) is 13.4. The Kier molecular flexibility index (Phi) is 3.13. The van der Waals surface area contributed by atoms with Gasteiger partial charge < -0.3 is 14.4 Å². The first kappa shape index (κ1) is 14.1. The highest BCUT2D eigenvalue weighted by atomic mass is 16.5. The second-order valence-corrected chi connectivity index (χ2v) is 6.78. The van der Waals surface area contributed by atoms with E-state index in [0.717, 1.165) is 35.5 Å². The number of benzene rings is 2. The monoisotopic (exact) mass is 321 g/mol. The quantitative estimate of drug-likeness (QED) is 0.809. The van der Waals surface area contributed by atoms with Gasteiger partial charge in [-0.2, -0.15) is 0 Å². The van der Waals surface area contributed by atoms with Crippen molar-refractivity contribution in [2.24, 2.45) is 0 Å². The summed E-state index contributed by atoms with van der Waals surface area (Å²) in [6, 6.07) is 16.2. The van der Waals surface area contributed by atoms with Crippen molar-refractivity contribution in [2.45, 2.75) is 30.8 Å². The van der Waals surface area contributed by atoms with Gasteiger partial charge in [0.25, 0.3) is 0 Å². The van der Waals surface area contributed by atoms with Gasteiger partial charge in [-0.05, 0) is 25.0 Å². The van der Waals surface area contributed by atoms with Crippen LogP contribution in [0.3, 0.4) is 0 Å². The number of amides is 1. The van der Waals surface area contributed by atoms with Crippen LogP contribution in [0.4, 0.5) is 0 Å². The van der Waals surface area contributed by atoms with Crippen molar-refractivity contribution in [1.82, 2.24) is 4.90 Å². The van der Waals surface area contributed by atoms with E-state index >= 15 is 0 Å². The third-order valence-electron chi connectivity index (χ3n) is 5.42. The molecular formula is C20H19NO3. The second-order valence-electron chi connectivity index (χ2n) is 6.78. The molecule has 2 atom stereocenters. The van der Waals surface area contributed by atoms with Crippen molar-refractivity contribution in [2.75, 3.05) is 13.2 Å². The Labute approximate surface area is 141 Å². The van der Waals surface area contributed by atoms with E-state index in [-0.39, 0.29) is 23.9 Å². The maximum absolute atomic E-state index is 13.6. The summed E-state index contributed by atoms with van der Waals surface area (Å²) in [5.41, 5.74) is 1.93. The third-order valence-corrected chi connectivity index (χ3v) is 5.42. The summed E-state index contributed by atoms with van der Waals surface area (Å²) in [7, 11) is 0. The van der Waals surface area contributed by atoms with Gasteiger partial charge in [-0.3, -0.25) is 4.79 Å². The Morgan fingerprint density at radius 1 is 0.875 bits per heavy atom. The van der Waals surface area contributed by atoms with Crippen LogP contribution in [0.15, 0.2) is 48.5 Å². The van der Waals surface area contributed by atoms with Crippen molar-refractivity contribution >= 4 is 5.91 Å². The standard InChI is InChI=1S/C20H19NO3/c22-20(21-13-9-10-14(21)12-23-11-13)19-15-5-1-3-7-17(15)24-18-8-4-2-6-16(18)19/h1-8,13-14,19H,9-12H2/t13-,14-/m1/s1. The average Bonchev–Trinajstić information content (AvgIpc) is 2.87. The maximum Gasteiger partial charge on any atom is 0.235 e. The molecule has 3 aliphatic heterocycles. The molecule has 0 saturated carbocycles. The molecule has 2 bridgehead atoms. The predicted octanol–water partition coefficient (Wildman–Crippen LogP) is 3.31. The molecule has 3 heterocycles. The van der Waals surface area contributed by atoms with Crippen molar-refractivity contribution in [3.63, 3.8) is 0 Å². The maximum atomic E-state index is 13.6. The fourth-order valence-corrected chi connectivity index (χ4v) is 4.31. The second kappa shape index (κ2) is 5.35. The van der Waals surface area contributed by atoms with Gasteiger partial charge in [-0.25, -0.2) is 0 Å². The topological polar surface area (TPSA) is 38.8 Å². The molecule has 2 saturated heterocycles. The summed E-state index contributed by atoms with van der Waals surface area (Å²) in [5, 5.41) is 0. The van der Waals surface area contributed by atoms with Crippen molar-refractivity contribution < 1.29 is 14.3 Å². The molecule has 2 aromatic rings. The highest BCUT2D eigenvalue weighted by molar-refractivity contribution is 5.90. The van der Waals surface area contributed by atoms with E-state index < -0.39 is 0 Å². The lowest BCUT2D eigenvalue weighted by Crippen LogP contribution is -2.51. The number of carbonyl (C=O) groups excluding carboxylic acids is 1. The fourth-order valence-electron chi connectivity index (χ4n) is 4.31. The van der Waals surface area contributed by atoms with Crippen LogP contribution in [-0.4, -0.2) is 36.1 Å². The predicted molar refractivity (Wildman–Crippen MR) is 89.3 cm³/mol. The SMILES string of the molecule is O=C(C1c2ccccc2Oc2ccccc21)N1[C@@H]2CC[C@@H]1COC2. The van der Waals surface area contributed by atoms with Gasteiger partial charge in [0, 0.05) is 11.1 Å². The first-order chi connectivity index (χ1) is 11.8. The van der Waals surface area contributed by atoms with Crippen LogP contribution >= 0.6 is 0 Å². The van der Waals surface area contributed by atoms with E-state index in [1.807, 2.05) is 48.5 Å². The van der Waals surface area contributed by atoms with Crippen molar-refractivity contribution in [3.8, 4) is 11.5 Å². The summed E-state index contributed by atoms with van der Waals surface area (Å²) in [6.07, 6.45) is 2.09. The van der Waals surface area contributed by atoms with E-state index in [9.17, 15) is 4.79 Å². The van der Waals surface area contributed by atoms with Crippen molar-refractivity contribution in [3.05, 3.63) is 59.7 Å². The summed E-state index contributed by atoms with van der Waals surface area (Å²) in [5.74, 6) is 1.48. The number of carbonyl (C=O) groups is 1. The molecule has 5 rings (SSSR count). The molecule has 0 spiro atoms. The number of rotatable bonds is 1. The first-order valence-electron chi connectivity index (χ1n) is 8.58. The molecule has 24 heavy (non-hydrogen) atoms. The summed E-state index contributed by atoms with van der Waals surface area (Å²) in [6.45, 7) is 1.32. The molecule has 0 radical (unpaired) electrons. The summed E-state index contributed by atoms with van der Waals surface area (Å²) < 4.78 is 11.7. The van der Waals surface area contributed by atoms with Crippen LogP contribution in [0.1, 0.15) is 29.9 Å². The van der Waals surface area contributed by atoms with Gasteiger partial charge in [-0.15, -0.1) is 0 Å². The number of para-hydroxylation sites is 2. The molecule has 4 heteroatoms. The van der Waals surface area contributed by atoms with E-state index in [1.54, 1.807) is 0 Å². The molecule has 0 aromatic heterocycles. The number of ether oxygens (including phenoxy) is 2. The minimum Gasteiger partial charge on any atom is -0.457 e. The number of nitrogens with zero attached hydrogens (tertiary/aromatic N) is 1. The third kappa shape index (κ3) is 1.99. The van der Waals surface area contributed by atoms with E-state index in [2.05, 4.69) is 4.90 Å². The Morgan fingerprint density at radius 3 is 2.00 bits per heavy atom. The zero-order chi connectivity index (χ0) is 16.1. The molecule has 4 nitrogen and oxygen atoms in total. The Morgan fingerprint density at radius 2 is 1.42 bits per heavy atom. The zero-order valence-corrected chi connectivity index (χ0v) is 13.4. The van der Waals surface area contributed by atoms with Gasteiger partial charge >= 0.3 is 0 Å². The van der Waals surface area contributed by atoms with Crippen LogP contribution < -0.4 is 4.74 Å². The molecule has 2 fully saturated rings. The summed E-state index contributed by atoms with van der Waals surface area (Å²) >= 11 is 0. The Bertz CT molecular complexity index is 741. The minimum atomic E-state index is -0.285. The molecule has 0 N–H and O–H groups in total. The van der Waals surface area contributed by atoms with Crippen molar-refractivity contribution in [1.29, 1.82) is 0 Å². The molecular weight excluding hydrogens is 302 g/mol. The van der Waals surface area contributed by atoms with Crippen LogP contribution in [0.2, 0.25) is 0 Å². The molecule has 0 aliphatic carbocycles. The molecule has 2 aromatic carbocycles. The lowest BCUT2D eigenvalue weighted by molar-refractivity contribution is -0.141. The molecule has 1 amide bonds. The van der Waals surface area contributed by atoms with Crippen LogP contribution in [0.5, 0.6) is 11.5 Å². The molecule has 0 unspecified atom stereocenters. The lowest BCUT2D eigenvalue weighted by atomic mass is 9.86. The number of morpholine rings is 1. The normalized spacial score (nSPS) is 24.9. The molecule has 3 aliphatic rings. The van der Waals surface area contributed by atoms with E-state index in [0.29, 0.717) is 13.2 Å². The van der Waals surface area contributed by atoms with Crippen LogP contribution in [-0.2, 0) is 9.53 Å². The smallest absolute Gasteiger partial charge is 0.235 e. The van der Waals surface area contributed by atoms with Gasteiger partial charge in [0.05, 0.1) is 31.2 Å². The summed E-state index contributed by atoms with van der Waals surface area (Å²) in [4.78, 5) is 15.6. The highest BCUT2D eigenvalue weighted by Gasteiger charge is 2.45. The highest BCUT2D eigenvalue weighted by Crippen LogP contribution is 2.46. The fraction of sp³-hybridized carbons (Fsp3) is 0.350. The molecule has 122 valence electrons. The van der Waals surface area contributed by atoms with E-state index in [1.165, 1.54) is 0 Å². The van der Waals surface area contributed by atoms with Gasteiger partial charge in [-0.1, -0.05) is 36.4 Å². The van der Waals surface area contributed by atoms with Gasteiger partial charge in [0.15, 0.2) is 0 Å². The largest absolute Gasteiger partial charge is 0.457 e. The first-order valence-corrected chi connectivity index (χ1v) is 8.58. The van der Waals surface area contributed by atoms with Gasteiger partial charge in [0.2, 0.25) is 5.91 Å². The number of hydrogen-bond acceptors (Lipinski definition) is 3. The number of hydrogen-bond donors (Lipinski definition) is 0. The van der Waals surface area contributed by atoms with Crippen LogP contribution in [0, 0.1) is 0 Å². The lowest BCUT2D eigenvalue weighted by Gasteiger charge is -2.38. The average molecular weight is 321 g/mol. The minimum absolute atomic E-state index is 0.189. The van der Waals surface area contributed by atoms with E-state index in [4.69, 9.17) is 9.47 Å². The van der Waals surface area contributed by atoms with Crippen LogP contribution in [0.25, 0.3) is 0 Å². The number of fused-ring (bicyclic) bond motifs is 4. The van der Waals surface area contributed by atoms with Gasteiger partial charge in [0.1, 0.15) is 11.5 Å². The Hall–Kier alpha value is -2.33. The Balaban J connectivity index is 1.61.